The number of thioether (sulfide) groups is 1. The van der Waals surface area contributed by atoms with E-state index in [2.05, 4.69) is 37.3 Å². The molecule has 0 saturated carbocycles. The van der Waals surface area contributed by atoms with Gasteiger partial charge >= 0.3 is 0 Å². The third-order valence-corrected chi connectivity index (χ3v) is 4.72. The monoisotopic (exact) mass is 258 g/mol. The molecule has 0 N–H and O–H groups in total. The van der Waals surface area contributed by atoms with Gasteiger partial charge in [0.05, 0.1) is 0 Å². The SMILES string of the molecule is CC[C@@H]1c2ccccc2SCc2c(F)cccc21. The summed E-state index contributed by atoms with van der Waals surface area (Å²) in [6.07, 6.45) is 1.01. The van der Waals surface area contributed by atoms with Gasteiger partial charge < -0.3 is 0 Å². The van der Waals surface area contributed by atoms with Crippen molar-refractivity contribution in [3.8, 4) is 0 Å². The van der Waals surface area contributed by atoms with E-state index in [4.69, 9.17) is 0 Å². The Kier molecular flexibility index (Phi) is 3.13. The lowest BCUT2D eigenvalue weighted by Gasteiger charge is -2.18. The molecule has 0 spiro atoms. The summed E-state index contributed by atoms with van der Waals surface area (Å²) in [5, 5.41) is 0. The molecule has 1 atom stereocenters. The molecule has 0 amide bonds. The van der Waals surface area contributed by atoms with Gasteiger partial charge in [0.25, 0.3) is 0 Å². The van der Waals surface area contributed by atoms with Crippen LogP contribution in [0.25, 0.3) is 0 Å². The second kappa shape index (κ2) is 4.77. The van der Waals surface area contributed by atoms with Crippen LogP contribution in [0, 0.1) is 5.82 Å². The molecule has 0 fully saturated rings. The molecule has 1 aliphatic rings. The Balaban J connectivity index is 2.21. The van der Waals surface area contributed by atoms with Crippen molar-refractivity contribution >= 4 is 11.8 Å². The Bertz CT molecular complexity index is 577. The van der Waals surface area contributed by atoms with Gasteiger partial charge in [-0.3, -0.25) is 0 Å². The number of halogens is 1. The molecule has 0 unspecified atom stereocenters. The normalized spacial score (nSPS) is 17.8. The summed E-state index contributed by atoms with van der Waals surface area (Å²) >= 11 is 1.75. The highest BCUT2D eigenvalue weighted by Gasteiger charge is 2.23. The van der Waals surface area contributed by atoms with Crippen LogP contribution in [0.15, 0.2) is 47.4 Å². The summed E-state index contributed by atoms with van der Waals surface area (Å²) in [4.78, 5) is 1.29. The smallest absolute Gasteiger partial charge is 0.127 e. The fourth-order valence-electron chi connectivity index (χ4n) is 2.71. The van der Waals surface area contributed by atoms with Crippen molar-refractivity contribution in [1.29, 1.82) is 0 Å². The molecule has 3 rings (SSSR count). The summed E-state index contributed by atoms with van der Waals surface area (Å²) in [5.74, 6) is 0.989. The second-order valence-corrected chi connectivity index (χ2v) is 5.61. The van der Waals surface area contributed by atoms with E-state index in [9.17, 15) is 4.39 Å². The zero-order valence-electron chi connectivity index (χ0n) is 10.3. The standard InChI is InChI=1S/C16H15FS/c1-2-11-12-7-5-8-15(17)14(12)10-18-16-9-4-3-6-13(11)16/h3-9,11H,2,10H2,1H3/t11-/m0/s1. The molecule has 1 heterocycles. The number of hydrogen-bond acceptors (Lipinski definition) is 1. The minimum atomic E-state index is -0.0637. The first-order valence-electron chi connectivity index (χ1n) is 6.30. The zero-order valence-corrected chi connectivity index (χ0v) is 11.1. The van der Waals surface area contributed by atoms with Crippen LogP contribution in [0.5, 0.6) is 0 Å². The highest BCUT2D eigenvalue weighted by Crippen LogP contribution is 2.42. The number of hydrogen-bond donors (Lipinski definition) is 0. The molecule has 0 nitrogen and oxygen atoms in total. The molecule has 2 aromatic rings. The van der Waals surface area contributed by atoms with Crippen molar-refractivity contribution < 1.29 is 4.39 Å². The summed E-state index contributed by atoms with van der Waals surface area (Å²) in [6, 6.07) is 13.9. The molecule has 2 heteroatoms. The van der Waals surface area contributed by atoms with Crippen LogP contribution in [-0.2, 0) is 5.75 Å². The van der Waals surface area contributed by atoms with E-state index in [0.29, 0.717) is 5.92 Å². The van der Waals surface area contributed by atoms with Crippen molar-refractivity contribution in [1.82, 2.24) is 0 Å². The molecule has 0 radical (unpaired) electrons. The highest BCUT2D eigenvalue weighted by atomic mass is 32.2. The largest absolute Gasteiger partial charge is 0.207 e. The molecule has 0 aliphatic carbocycles. The van der Waals surface area contributed by atoms with Crippen molar-refractivity contribution in [2.75, 3.05) is 0 Å². The first kappa shape index (κ1) is 11.8. The average Bonchev–Trinajstić information content (AvgIpc) is 2.56. The summed E-state index contributed by atoms with van der Waals surface area (Å²) in [7, 11) is 0. The van der Waals surface area contributed by atoms with Gasteiger partial charge in [-0.05, 0) is 29.7 Å². The van der Waals surface area contributed by atoms with Crippen LogP contribution < -0.4 is 0 Å². The maximum absolute atomic E-state index is 14.0. The van der Waals surface area contributed by atoms with E-state index in [0.717, 1.165) is 23.3 Å². The van der Waals surface area contributed by atoms with E-state index in [-0.39, 0.29) is 5.82 Å². The molecule has 0 saturated heterocycles. The third kappa shape index (κ3) is 1.85. The lowest BCUT2D eigenvalue weighted by atomic mass is 9.86. The van der Waals surface area contributed by atoms with Crippen LogP contribution >= 0.6 is 11.8 Å². The predicted octanol–water partition coefficient (Wildman–Crippen LogP) is 4.97. The van der Waals surface area contributed by atoms with Crippen molar-refractivity contribution in [3.63, 3.8) is 0 Å². The second-order valence-electron chi connectivity index (χ2n) is 4.59. The van der Waals surface area contributed by atoms with Crippen molar-refractivity contribution in [2.24, 2.45) is 0 Å². The summed E-state index contributed by atoms with van der Waals surface area (Å²) < 4.78 is 14.0. The van der Waals surface area contributed by atoms with Gasteiger partial charge in [0.1, 0.15) is 5.82 Å². The quantitative estimate of drug-likeness (QED) is 0.695. The maximum Gasteiger partial charge on any atom is 0.127 e. The third-order valence-electron chi connectivity index (χ3n) is 3.61. The Morgan fingerprint density at radius 1 is 1.11 bits per heavy atom. The lowest BCUT2D eigenvalue weighted by molar-refractivity contribution is 0.610. The van der Waals surface area contributed by atoms with Gasteiger partial charge in [0, 0.05) is 22.1 Å². The minimum Gasteiger partial charge on any atom is -0.207 e. The predicted molar refractivity (Wildman–Crippen MR) is 74.5 cm³/mol. The molecule has 2 aromatic carbocycles. The van der Waals surface area contributed by atoms with Gasteiger partial charge in [0.15, 0.2) is 0 Å². The van der Waals surface area contributed by atoms with Crippen LogP contribution in [0.1, 0.15) is 36.0 Å². The van der Waals surface area contributed by atoms with E-state index in [1.165, 1.54) is 10.5 Å². The number of benzene rings is 2. The highest BCUT2D eigenvalue weighted by molar-refractivity contribution is 7.98. The number of rotatable bonds is 1. The van der Waals surface area contributed by atoms with Gasteiger partial charge in [-0.1, -0.05) is 37.3 Å². The van der Waals surface area contributed by atoms with E-state index < -0.39 is 0 Å². The topological polar surface area (TPSA) is 0 Å². The van der Waals surface area contributed by atoms with E-state index >= 15 is 0 Å². The van der Waals surface area contributed by atoms with Crippen LogP contribution in [-0.4, -0.2) is 0 Å². The van der Waals surface area contributed by atoms with Gasteiger partial charge in [-0.2, -0.15) is 0 Å². The molecule has 0 bridgehead atoms. The van der Waals surface area contributed by atoms with Crippen molar-refractivity contribution in [3.05, 3.63) is 65.0 Å². The Hall–Kier alpha value is -1.28. The van der Waals surface area contributed by atoms with Gasteiger partial charge in [-0.15, -0.1) is 11.8 Å². The summed E-state index contributed by atoms with van der Waals surface area (Å²) in [6.45, 7) is 2.17. The number of fused-ring (bicyclic) bond motifs is 2. The fraction of sp³-hybridized carbons (Fsp3) is 0.250. The van der Waals surface area contributed by atoms with Crippen LogP contribution in [0.3, 0.4) is 0 Å². The van der Waals surface area contributed by atoms with Crippen LogP contribution in [0.2, 0.25) is 0 Å². The molecule has 1 aliphatic heterocycles. The Morgan fingerprint density at radius 3 is 2.72 bits per heavy atom. The average molecular weight is 258 g/mol. The molecular formula is C16H15FS. The maximum atomic E-state index is 14.0. The first-order valence-corrected chi connectivity index (χ1v) is 7.29. The Morgan fingerprint density at radius 2 is 1.89 bits per heavy atom. The fourth-order valence-corrected chi connectivity index (χ4v) is 3.87. The minimum absolute atomic E-state index is 0.0637. The molecular weight excluding hydrogens is 243 g/mol. The molecule has 18 heavy (non-hydrogen) atoms. The van der Waals surface area contributed by atoms with Crippen molar-refractivity contribution in [2.45, 2.75) is 29.9 Å². The molecule has 0 aromatic heterocycles. The molecule has 92 valence electrons. The zero-order chi connectivity index (χ0) is 12.5. The van der Waals surface area contributed by atoms with Crippen LogP contribution in [0.4, 0.5) is 4.39 Å². The Labute approximate surface area is 111 Å². The lowest BCUT2D eigenvalue weighted by Crippen LogP contribution is -2.03. The van der Waals surface area contributed by atoms with Gasteiger partial charge in [0.2, 0.25) is 0 Å². The first-order chi connectivity index (χ1) is 8.81. The van der Waals surface area contributed by atoms with E-state index in [1.807, 2.05) is 6.07 Å². The summed E-state index contributed by atoms with van der Waals surface area (Å²) in [5.41, 5.74) is 3.38. The van der Waals surface area contributed by atoms with E-state index in [1.54, 1.807) is 17.8 Å². The van der Waals surface area contributed by atoms with Gasteiger partial charge in [-0.25, -0.2) is 4.39 Å².